The maximum Gasteiger partial charge on any atom is 0.409 e. The molecule has 8 heteroatoms. The molecule has 0 bridgehead atoms. The Morgan fingerprint density at radius 3 is 2.93 bits per heavy atom. The van der Waals surface area contributed by atoms with Crippen LogP contribution in [0.15, 0.2) is 36.5 Å². The van der Waals surface area contributed by atoms with E-state index in [1.165, 1.54) is 0 Å². The summed E-state index contributed by atoms with van der Waals surface area (Å²) in [6.07, 6.45) is 3.05. The summed E-state index contributed by atoms with van der Waals surface area (Å²) in [5.41, 5.74) is 1.38. The van der Waals surface area contributed by atoms with Crippen LogP contribution in [0.3, 0.4) is 0 Å². The van der Waals surface area contributed by atoms with Gasteiger partial charge in [-0.15, -0.1) is 0 Å². The van der Waals surface area contributed by atoms with Crippen molar-refractivity contribution < 1.29 is 9.53 Å². The van der Waals surface area contributed by atoms with Crippen LogP contribution < -0.4 is 10.6 Å². The highest BCUT2D eigenvalue weighted by Crippen LogP contribution is 2.18. The Morgan fingerprint density at radius 1 is 1.37 bits per heavy atom. The third-order valence-electron chi connectivity index (χ3n) is 4.27. The minimum Gasteiger partial charge on any atom is -0.450 e. The van der Waals surface area contributed by atoms with Gasteiger partial charge in [0.15, 0.2) is 0 Å². The first-order valence-corrected chi connectivity index (χ1v) is 8.96. The molecule has 0 spiro atoms. The molecule has 1 aromatic carbocycles. The molecule has 27 heavy (non-hydrogen) atoms. The smallest absolute Gasteiger partial charge is 0.409 e. The number of hydrogen-bond acceptors (Lipinski definition) is 7. The first kappa shape index (κ1) is 18.5. The van der Waals surface area contributed by atoms with Crippen LogP contribution in [0, 0.1) is 11.3 Å². The minimum atomic E-state index is -0.252. The van der Waals surface area contributed by atoms with Gasteiger partial charge in [0.05, 0.1) is 18.2 Å². The van der Waals surface area contributed by atoms with E-state index in [0.29, 0.717) is 37.0 Å². The first-order valence-electron chi connectivity index (χ1n) is 8.96. The molecule has 1 aliphatic heterocycles. The van der Waals surface area contributed by atoms with E-state index in [-0.39, 0.29) is 12.1 Å². The molecule has 1 aliphatic rings. The molecule has 0 atom stereocenters. The highest BCUT2D eigenvalue weighted by Gasteiger charge is 2.23. The zero-order valence-corrected chi connectivity index (χ0v) is 15.2. The summed E-state index contributed by atoms with van der Waals surface area (Å²) < 4.78 is 5.04. The van der Waals surface area contributed by atoms with Gasteiger partial charge in [0.25, 0.3) is 0 Å². The number of amides is 1. The standard InChI is InChI=1S/C19H22N6O2/c1-2-27-19(26)25-10-7-15(8-11-25)23-18-21-9-6-17(24-18)22-16-5-3-4-14(12-16)13-20/h3-6,9,12,15H,2,7-8,10-11H2,1H3,(H2,21,22,23,24). The van der Waals surface area contributed by atoms with Gasteiger partial charge in [-0.1, -0.05) is 6.07 Å². The number of likely N-dealkylation sites (tertiary alicyclic amines) is 1. The monoisotopic (exact) mass is 366 g/mol. The highest BCUT2D eigenvalue weighted by molar-refractivity contribution is 5.67. The molecular formula is C19H22N6O2. The van der Waals surface area contributed by atoms with E-state index in [1.54, 1.807) is 36.2 Å². The Kier molecular flexibility index (Phi) is 6.05. The number of ether oxygens (including phenoxy) is 1. The lowest BCUT2D eigenvalue weighted by Crippen LogP contribution is -2.42. The Hall–Kier alpha value is -3.34. The van der Waals surface area contributed by atoms with E-state index < -0.39 is 0 Å². The maximum atomic E-state index is 11.8. The van der Waals surface area contributed by atoms with Gasteiger partial charge in [0.1, 0.15) is 5.82 Å². The summed E-state index contributed by atoms with van der Waals surface area (Å²) in [5, 5.41) is 15.5. The van der Waals surface area contributed by atoms with E-state index >= 15 is 0 Å². The van der Waals surface area contributed by atoms with Crippen LogP contribution in [-0.4, -0.2) is 46.7 Å². The van der Waals surface area contributed by atoms with Crippen molar-refractivity contribution in [3.8, 4) is 6.07 Å². The number of piperidine rings is 1. The van der Waals surface area contributed by atoms with E-state index in [9.17, 15) is 4.79 Å². The fourth-order valence-electron chi connectivity index (χ4n) is 2.92. The Labute approximate surface area is 158 Å². The molecule has 1 saturated heterocycles. The first-order chi connectivity index (χ1) is 13.2. The number of aromatic nitrogens is 2. The molecule has 1 amide bonds. The van der Waals surface area contributed by atoms with Crippen molar-refractivity contribution in [1.82, 2.24) is 14.9 Å². The molecule has 8 nitrogen and oxygen atoms in total. The van der Waals surface area contributed by atoms with Crippen molar-refractivity contribution in [3.63, 3.8) is 0 Å². The van der Waals surface area contributed by atoms with E-state index in [4.69, 9.17) is 10.00 Å². The van der Waals surface area contributed by atoms with Crippen LogP contribution in [-0.2, 0) is 4.74 Å². The fraction of sp³-hybridized carbons (Fsp3) is 0.368. The number of nitriles is 1. The number of carbonyl (C=O) groups is 1. The Morgan fingerprint density at radius 2 is 2.19 bits per heavy atom. The molecule has 2 aromatic rings. The predicted molar refractivity (Wildman–Crippen MR) is 102 cm³/mol. The van der Waals surface area contributed by atoms with Gasteiger partial charge in [-0.3, -0.25) is 0 Å². The van der Waals surface area contributed by atoms with Crippen molar-refractivity contribution in [2.45, 2.75) is 25.8 Å². The number of anilines is 3. The fourth-order valence-corrected chi connectivity index (χ4v) is 2.92. The van der Waals surface area contributed by atoms with Crippen LogP contribution >= 0.6 is 0 Å². The van der Waals surface area contributed by atoms with Gasteiger partial charge >= 0.3 is 6.09 Å². The van der Waals surface area contributed by atoms with Crippen LogP contribution in [0.4, 0.5) is 22.2 Å². The zero-order chi connectivity index (χ0) is 19.1. The quantitative estimate of drug-likeness (QED) is 0.838. The second-order valence-electron chi connectivity index (χ2n) is 6.19. The lowest BCUT2D eigenvalue weighted by atomic mass is 10.1. The largest absolute Gasteiger partial charge is 0.450 e. The molecule has 0 unspecified atom stereocenters. The van der Waals surface area contributed by atoms with Crippen LogP contribution in [0.2, 0.25) is 0 Å². The molecule has 1 fully saturated rings. The van der Waals surface area contributed by atoms with Gasteiger partial charge in [-0.2, -0.15) is 10.2 Å². The minimum absolute atomic E-state index is 0.202. The van der Waals surface area contributed by atoms with Gasteiger partial charge in [-0.25, -0.2) is 9.78 Å². The number of benzene rings is 1. The van der Waals surface area contributed by atoms with Crippen LogP contribution in [0.1, 0.15) is 25.3 Å². The van der Waals surface area contributed by atoms with Crippen molar-refractivity contribution in [2.75, 3.05) is 30.3 Å². The van der Waals surface area contributed by atoms with Gasteiger partial charge in [-0.05, 0) is 44.0 Å². The van der Waals surface area contributed by atoms with Crippen LogP contribution in [0.25, 0.3) is 0 Å². The molecule has 0 radical (unpaired) electrons. The molecule has 3 rings (SSSR count). The molecular weight excluding hydrogens is 344 g/mol. The summed E-state index contributed by atoms with van der Waals surface area (Å²) in [7, 11) is 0. The average molecular weight is 366 g/mol. The van der Waals surface area contributed by atoms with Gasteiger partial charge in [0, 0.05) is 31.0 Å². The number of rotatable bonds is 5. The lowest BCUT2D eigenvalue weighted by molar-refractivity contribution is 0.0983. The zero-order valence-electron chi connectivity index (χ0n) is 15.2. The van der Waals surface area contributed by atoms with Gasteiger partial charge in [0.2, 0.25) is 5.95 Å². The normalized spacial score (nSPS) is 14.3. The Balaban J connectivity index is 1.57. The third kappa shape index (κ3) is 5.07. The Bertz CT molecular complexity index is 827. The van der Waals surface area contributed by atoms with Crippen molar-refractivity contribution in [1.29, 1.82) is 5.26 Å². The number of nitrogens with zero attached hydrogens (tertiary/aromatic N) is 4. The second-order valence-corrected chi connectivity index (χ2v) is 6.19. The SMILES string of the molecule is CCOC(=O)N1CCC(Nc2nccc(Nc3cccc(C#N)c3)n2)CC1. The summed E-state index contributed by atoms with van der Waals surface area (Å²) in [4.78, 5) is 22.2. The van der Waals surface area contributed by atoms with Gasteiger partial charge < -0.3 is 20.3 Å². The third-order valence-corrected chi connectivity index (χ3v) is 4.27. The number of carbonyl (C=O) groups excluding carboxylic acids is 1. The average Bonchev–Trinajstić information content (AvgIpc) is 2.69. The summed E-state index contributed by atoms with van der Waals surface area (Å²) in [6, 6.07) is 11.3. The highest BCUT2D eigenvalue weighted by atomic mass is 16.6. The van der Waals surface area contributed by atoms with E-state index in [1.807, 2.05) is 12.1 Å². The van der Waals surface area contributed by atoms with Crippen molar-refractivity contribution >= 4 is 23.5 Å². The summed E-state index contributed by atoms with van der Waals surface area (Å²) in [6.45, 7) is 3.49. The van der Waals surface area contributed by atoms with E-state index in [2.05, 4.69) is 26.7 Å². The maximum absolute atomic E-state index is 11.8. The predicted octanol–water partition coefficient (Wildman–Crippen LogP) is 3.12. The van der Waals surface area contributed by atoms with Crippen LogP contribution in [0.5, 0.6) is 0 Å². The summed E-state index contributed by atoms with van der Waals surface area (Å²) in [5.74, 6) is 1.18. The second kappa shape index (κ2) is 8.85. The molecule has 140 valence electrons. The topological polar surface area (TPSA) is 103 Å². The van der Waals surface area contributed by atoms with Crippen molar-refractivity contribution in [2.24, 2.45) is 0 Å². The van der Waals surface area contributed by atoms with Crippen molar-refractivity contribution in [3.05, 3.63) is 42.1 Å². The molecule has 1 aromatic heterocycles. The molecule has 0 aliphatic carbocycles. The van der Waals surface area contributed by atoms with E-state index in [0.717, 1.165) is 18.5 Å². The number of hydrogen-bond donors (Lipinski definition) is 2. The molecule has 2 N–H and O–H groups in total. The lowest BCUT2D eigenvalue weighted by Gasteiger charge is -2.31. The molecule has 2 heterocycles. The molecule has 0 saturated carbocycles. The number of nitrogens with one attached hydrogen (secondary N) is 2. The summed E-state index contributed by atoms with van der Waals surface area (Å²) >= 11 is 0.